The van der Waals surface area contributed by atoms with Gasteiger partial charge in [-0.3, -0.25) is 14.8 Å². The van der Waals surface area contributed by atoms with Gasteiger partial charge in [0.2, 0.25) is 0 Å². The molecule has 1 saturated heterocycles. The molecule has 1 aliphatic rings. The van der Waals surface area contributed by atoms with Gasteiger partial charge in [0, 0.05) is 38.7 Å². The number of carbonyl (C=O) groups is 1. The van der Waals surface area contributed by atoms with Crippen LogP contribution in [-0.2, 0) is 9.47 Å². The van der Waals surface area contributed by atoms with E-state index in [-0.39, 0.29) is 17.6 Å². The number of carbonyl (C=O) groups excluding carboxylic acids is 1. The molecular weight excluding hydrogens is 313 g/mol. The maximum atomic E-state index is 13.9. The third-order valence-electron chi connectivity index (χ3n) is 3.89. The van der Waals surface area contributed by atoms with Crippen LogP contribution in [0.2, 0.25) is 0 Å². The normalized spacial score (nSPS) is 20.3. The van der Waals surface area contributed by atoms with Crippen LogP contribution < -0.4 is 0 Å². The summed E-state index contributed by atoms with van der Waals surface area (Å²) in [5.74, 6) is -0.787. The molecule has 0 spiro atoms. The summed E-state index contributed by atoms with van der Waals surface area (Å²) in [6.07, 6.45) is 2.74. The maximum absolute atomic E-state index is 13.9. The number of halogens is 1. The van der Waals surface area contributed by atoms with E-state index in [1.165, 1.54) is 24.5 Å². The monoisotopic (exact) mass is 333 g/mol. The van der Waals surface area contributed by atoms with Crippen molar-refractivity contribution in [3.05, 3.63) is 35.9 Å². The van der Waals surface area contributed by atoms with E-state index < -0.39 is 11.4 Å². The molecule has 128 valence electrons. The third kappa shape index (κ3) is 3.37. The molecule has 1 aromatic heterocycles. The summed E-state index contributed by atoms with van der Waals surface area (Å²) in [6, 6.07) is 2.49. The fourth-order valence-corrected chi connectivity index (χ4v) is 3.10. The minimum absolute atomic E-state index is 0.215. The minimum Gasteiger partial charge on any atom is -0.382 e. The molecule has 0 N–H and O–H groups in total. The summed E-state index contributed by atoms with van der Waals surface area (Å²) >= 11 is 0. The number of ether oxygens (including phenoxy) is 2. The summed E-state index contributed by atoms with van der Waals surface area (Å²) in [5.41, 5.74) is 0.469. The Kier molecular flexibility index (Phi) is 4.47. The van der Waals surface area contributed by atoms with Gasteiger partial charge >= 0.3 is 0 Å². The van der Waals surface area contributed by atoms with Gasteiger partial charge < -0.3 is 14.4 Å². The lowest BCUT2D eigenvalue weighted by atomic mass is 10.0. The van der Waals surface area contributed by atoms with Crippen molar-refractivity contribution in [2.75, 3.05) is 26.8 Å². The first-order chi connectivity index (χ1) is 11.4. The largest absolute Gasteiger partial charge is 0.382 e. The van der Waals surface area contributed by atoms with Crippen molar-refractivity contribution in [2.45, 2.75) is 25.6 Å². The van der Waals surface area contributed by atoms with Crippen LogP contribution in [0.3, 0.4) is 0 Å². The second-order valence-electron chi connectivity index (χ2n) is 6.52. The molecule has 0 aliphatic carbocycles. The lowest BCUT2D eigenvalue weighted by molar-refractivity contribution is -0.143. The average molecular weight is 333 g/mol. The molecule has 0 saturated carbocycles. The molecule has 6 nitrogen and oxygen atoms in total. The molecule has 1 atom stereocenters. The van der Waals surface area contributed by atoms with E-state index >= 15 is 0 Å². The second kappa shape index (κ2) is 6.41. The van der Waals surface area contributed by atoms with Crippen LogP contribution in [-0.4, -0.2) is 59.3 Å². The molecule has 0 bridgehead atoms. The number of morpholine rings is 1. The van der Waals surface area contributed by atoms with Gasteiger partial charge in [0.05, 0.1) is 29.4 Å². The van der Waals surface area contributed by atoms with Gasteiger partial charge in [0.25, 0.3) is 5.91 Å². The number of nitrogens with zero attached hydrogens (tertiary/aromatic N) is 3. The number of hydrogen-bond acceptors (Lipinski definition) is 5. The highest BCUT2D eigenvalue weighted by molar-refractivity contribution is 6.04. The van der Waals surface area contributed by atoms with E-state index in [1.54, 1.807) is 12.0 Å². The van der Waals surface area contributed by atoms with Gasteiger partial charge in [-0.05, 0) is 19.9 Å². The van der Waals surface area contributed by atoms with Crippen LogP contribution in [0.25, 0.3) is 11.0 Å². The number of hydrogen-bond donors (Lipinski definition) is 0. The molecule has 1 fully saturated rings. The van der Waals surface area contributed by atoms with Crippen LogP contribution in [0.1, 0.15) is 24.2 Å². The van der Waals surface area contributed by atoms with Gasteiger partial charge in [-0.2, -0.15) is 0 Å². The SMILES string of the molecule is COCC1CN(C(=O)c2cc(F)cc3nccnc23)CC(C)(C)O1. The first-order valence-electron chi connectivity index (χ1n) is 7.76. The van der Waals surface area contributed by atoms with E-state index in [0.29, 0.717) is 30.7 Å². The predicted molar refractivity (Wildman–Crippen MR) is 86.2 cm³/mol. The standard InChI is InChI=1S/C17H20FN3O3/c1-17(2)10-21(8-12(24-17)9-23-3)16(22)13-6-11(18)7-14-15(13)20-5-4-19-14/h4-7,12H,8-10H2,1-3H3. The smallest absolute Gasteiger partial charge is 0.256 e. The van der Waals surface area contributed by atoms with E-state index in [9.17, 15) is 9.18 Å². The zero-order chi connectivity index (χ0) is 17.3. The Morgan fingerprint density at radius 1 is 1.42 bits per heavy atom. The zero-order valence-corrected chi connectivity index (χ0v) is 14.0. The number of fused-ring (bicyclic) bond motifs is 1. The molecule has 2 aromatic rings. The number of amides is 1. The van der Waals surface area contributed by atoms with Gasteiger partial charge in [0.15, 0.2) is 0 Å². The zero-order valence-electron chi connectivity index (χ0n) is 14.0. The van der Waals surface area contributed by atoms with Crippen molar-refractivity contribution in [3.8, 4) is 0 Å². The molecule has 3 rings (SSSR count). The fourth-order valence-electron chi connectivity index (χ4n) is 3.10. The first kappa shape index (κ1) is 16.7. The molecule has 24 heavy (non-hydrogen) atoms. The number of methoxy groups -OCH3 is 1. The second-order valence-corrected chi connectivity index (χ2v) is 6.52. The summed E-state index contributed by atoms with van der Waals surface area (Å²) in [7, 11) is 1.59. The Morgan fingerprint density at radius 2 is 2.17 bits per heavy atom. The van der Waals surface area contributed by atoms with Gasteiger partial charge in [-0.25, -0.2) is 4.39 Å². The topological polar surface area (TPSA) is 64.5 Å². The van der Waals surface area contributed by atoms with Crippen LogP contribution in [0.4, 0.5) is 4.39 Å². The van der Waals surface area contributed by atoms with Gasteiger partial charge in [-0.1, -0.05) is 0 Å². The first-order valence-corrected chi connectivity index (χ1v) is 7.76. The Labute approximate surface area is 139 Å². The van der Waals surface area contributed by atoms with Crippen LogP contribution in [0.5, 0.6) is 0 Å². The van der Waals surface area contributed by atoms with Crippen molar-refractivity contribution in [1.29, 1.82) is 0 Å². The lowest BCUT2D eigenvalue weighted by Crippen LogP contribution is -2.55. The van der Waals surface area contributed by atoms with E-state index in [2.05, 4.69) is 9.97 Å². The summed E-state index contributed by atoms with van der Waals surface area (Å²) in [5, 5.41) is 0. The van der Waals surface area contributed by atoms with Crippen molar-refractivity contribution in [3.63, 3.8) is 0 Å². The third-order valence-corrected chi connectivity index (χ3v) is 3.89. The fraction of sp³-hybridized carbons (Fsp3) is 0.471. The molecule has 0 radical (unpaired) electrons. The molecular formula is C17H20FN3O3. The Hall–Kier alpha value is -2.12. The summed E-state index contributed by atoms with van der Waals surface area (Å²) in [4.78, 5) is 22.9. The molecule has 1 aliphatic heterocycles. The molecule has 1 aromatic carbocycles. The maximum Gasteiger partial charge on any atom is 0.256 e. The summed E-state index contributed by atoms with van der Waals surface area (Å²) < 4.78 is 25.0. The highest BCUT2D eigenvalue weighted by Crippen LogP contribution is 2.25. The Morgan fingerprint density at radius 3 is 2.92 bits per heavy atom. The number of aromatic nitrogens is 2. The highest BCUT2D eigenvalue weighted by Gasteiger charge is 2.36. The van der Waals surface area contributed by atoms with Crippen molar-refractivity contribution in [2.24, 2.45) is 0 Å². The lowest BCUT2D eigenvalue weighted by Gasteiger charge is -2.42. The van der Waals surface area contributed by atoms with Crippen molar-refractivity contribution < 1.29 is 18.7 Å². The molecule has 1 unspecified atom stereocenters. The Balaban J connectivity index is 1.96. The quantitative estimate of drug-likeness (QED) is 0.860. The molecule has 7 heteroatoms. The summed E-state index contributed by atoms with van der Waals surface area (Å²) in [6.45, 7) is 5.01. The van der Waals surface area contributed by atoms with Gasteiger partial charge in [0.1, 0.15) is 11.3 Å². The van der Waals surface area contributed by atoms with E-state index in [4.69, 9.17) is 9.47 Å². The van der Waals surface area contributed by atoms with E-state index in [0.717, 1.165) is 0 Å². The van der Waals surface area contributed by atoms with Crippen molar-refractivity contribution in [1.82, 2.24) is 14.9 Å². The van der Waals surface area contributed by atoms with E-state index in [1.807, 2.05) is 13.8 Å². The number of rotatable bonds is 3. The van der Waals surface area contributed by atoms with Crippen molar-refractivity contribution >= 4 is 16.9 Å². The Bertz CT molecular complexity index is 766. The molecule has 1 amide bonds. The van der Waals surface area contributed by atoms with Gasteiger partial charge in [-0.15, -0.1) is 0 Å². The predicted octanol–water partition coefficient (Wildman–Crippen LogP) is 2.03. The molecule has 2 heterocycles. The minimum atomic E-state index is -0.508. The van der Waals surface area contributed by atoms with Crippen LogP contribution in [0.15, 0.2) is 24.5 Å². The van der Waals surface area contributed by atoms with Crippen LogP contribution >= 0.6 is 0 Å². The number of benzene rings is 1. The average Bonchev–Trinajstić information content (AvgIpc) is 2.52. The van der Waals surface area contributed by atoms with Crippen LogP contribution in [0, 0.1) is 5.82 Å². The highest BCUT2D eigenvalue weighted by atomic mass is 19.1.